The van der Waals surface area contributed by atoms with Crippen molar-refractivity contribution in [2.45, 2.75) is 0 Å². The molecule has 0 spiro atoms. The van der Waals surface area contributed by atoms with Crippen LogP contribution in [0.2, 0.25) is 0 Å². The zero-order chi connectivity index (χ0) is 10.1. The van der Waals surface area contributed by atoms with Gasteiger partial charge in [-0.15, -0.1) is 0 Å². The van der Waals surface area contributed by atoms with Gasteiger partial charge in [0.15, 0.2) is 0 Å². The normalized spacial score (nSPS) is 10.5. The van der Waals surface area contributed by atoms with Crippen molar-refractivity contribution < 1.29 is 8.78 Å². The average molecular weight is 306 g/mol. The van der Waals surface area contributed by atoms with Crippen molar-refractivity contribution in [3.63, 3.8) is 0 Å². The molecule has 5 heteroatoms. The van der Waals surface area contributed by atoms with Crippen molar-refractivity contribution >= 4 is 22.6 Å². The van der Waals surface area contributed by atoms with Crippen molar-refractivity contribution in [2.24, 2.45) is 0 Å². The quantitative estimate of drug-likeness (QED) is 0.806. The summed E-state index contributed by atoms with van der Waals surface area (Å²) in [5.41, 5.74) is 0.703. The van der Waals surface area contributed by atoms with Gasteiger partial charge in [-0.05, 0) is 40.8 Å². The van der Waals surface area contributed by atoms with E-state index in [-0.39, 0.29) is 5.56 Å². The first-order valence-corrected chi connectivity index (χ1v) is 4.90. The molecule has 0 fully saturated rings. The van der Waals surface area contributed by atoms with E-state index in [2.05, 4.69) is 10.2 Å². The van der Waals surface area contributed by atoms with Crippen molar-refractivity contribution in [3.8, 4) is 11.3 Å². The molecule has 2 rings (SSSR count). The number of H-pyrrole nitrogens is 1. The second-order valence-corrected chi connectivity index (χ2v) is 3.88. The summed E-state index contributed by atoms with van der Waals surface area (Å²) >= 11 is 2.00. The fourth-order valence-corrected chi connectivity index (χ4v) is 1.70. The minimum Gasteiger partial charge on any atom is -0.277 e. The van der Waals surface area contributed by atoms with Gasteiger partial charge in [-0.3, -0.25) is 5.10 Å². The van der Waals surface area contributed by atoms with E-state index >= 15 is 0 Å². The van der Waals surface area contributed by atoms with Crippen molar-refractivity contribution in [1.29, 1.82) is 0 Å². The van der Waals surface area contributed by atoms with E-state index in [4.69, 9.17) is 0 Å². The molecular formula is C9H5F2IN2. The Morgan fingerprint density at radius 1 is 1.29 bits per heavy atom. The predicted molar refractivity (Wildman–Crippen MR) is 56.7 cm³/mol. The maximum absolute atomic E-state index is 13.3. The van der Waals surface area contributed by atoms with Gasteiger partial charge in [0.05, 0.1) is 15.5 Å². The van der Waals surface area contributed by atoms with Crippen LogP contribution in [0, 0.1) is 15.2 Å². The van der Waals surface area contributed by atoms with Crippen LogP contribution in [0.5, 0.6) is 0 Å². The maximum atomic E-state index is 13.3. The monoisotopic (exact) mass is 306 g/mol. The number of nitrogens with zero attached hydrogens (tertiary/aromatic N) is 1. The molecule has 72 valence electrons. The molecule has 0 amide bonds. The van der Waals surface area contributed by atoms with Gasteiger partial charge >= 0.3 is 0 Å². The smallest absolute Gasteiger partial charge is 0.132 e. The van der Waals surface area contributed by atoms with Crippen LogP contribution in [0.25, 0.3) is 11.3 Å². The molecule has 2 aromatic rings. The number of hydrogen-bond acceptors (Lipinski definition) is 1. The van der Waals surface area contributed by atoms with Crippen LogP contribution in [0.3, 0.4) is 0 Å². The first-order chi connectivity index (χ1) is 6.68. The number of aromatic nitrogens is 2. The van der Waals surface area contributed by atoms with Crippen molar-refractivity contribution in [1.82, 2.24) is 10.2 Å². The van der Waals surface area contributed by atoms with Gasteiger partial charge in [0, 0.05) is 5.56 Å². The van der Waals surface area contributed by atoms with E-state index in [9.17, 15) is 8.78 Å². The maximum Gasteiger partial charge on any atom is 0.132 e. The number of benzene rings is 1. The van der Waals surface area contributed by atoms with Gasteiger partial charge in [0.2, 0.25) is 0 Å². The van der Waals surface area contributed by atoms with Crippen LogP contribution in [-0.2, 0) is 0 Å². The number of rotatable bonds is 1. The first kappa shape index (κ1) is 9.57. The van der Waals surface area contributed by atoms with Gasteiger partial charge in [0.1, 0.15) is 11.6 Å². The summed E-state index contributed by atoms with van der Waals surface area (Å²) in [7, 11) is 0. The fraction of sp³-hybridized carbons (Fsp3) is 0. The number of nitrogens with one attached hydrogen (secondary N) is 1. The Labute approximate surface area is 92.5 Å². The molecule has 0 saturated heterocycles. The highest BCUT2D eigenvalue weighted by Gasteiger charge is 2.10. The zero-order valence-corrected chi connectivity index (χ0v) is 9.05. The topological polar surface area (TPSA) is 28.7 Å². The van der Waals surface area contributed by atoms with Crippen LogP contribution in [-0.4, -0.2) is 10.2 Å². The standard InChI is InChI=1S/C9H5F2IN2/c10-5-1-2-7(11)6(3-5)9-8(12)4-13-14-9/h1-4H,(H,13,14). The molecule has 0 atom stereocenters. The van der Waals surface area contributed by atoms with E-state index in [1.165, 1.54) is 0 Å². The second kappa shape index (κ2) is 3.64. The summed E-state index contributed by atoms with van der Waals surface area (Å²) in [4.78, 5) is 0. The zero-order valence-electron chi connectivity index (χ0n) is 6.89. The third-order valence-electron chi connectivity index (χ3n) is 1.79. The Morgan fingerprint density at radius 2 is 2.07 bits per heavy atom. The Kier molecular flexibility index (Phi) is 2.49. The highest BCUT2D eigenvalue weighted by atomic mass is 127. The average Bonchev–Trinajstić information content (AvgIpc) is 2.56. The van der Waals surface area contributed by atoms with Gasteiger partial charge in [-0.1, -0.05) is 0 Å². The Bertz CT molecular complexity index is 468. The SMILES string of the molecule is Fc1ccc(F)c(-c2[nH]ncc2I)c1. The van der Waals surface area contributed by atoms with E-state index in [1.54, 1.807) is 6.20 Å². The van der Waals surface area contributed by atoms with E-state index in [0.29, 0.717) is 5.69 Å². The molecule has 2 nitrogen and oxygen atoms in total. The molecular weight excluding hydrogens is 301 g/mol. The first-order valence-electron chi connectivity index (χ1n) is 3.83. The Balaban J connectivity index is 2.62. The van der Waals surface area contributed by atoms with Crippen molar-refractivity contribution in [2.75, 3.05) is 0 Å². The highest BCUT2D eigenvalue weighted by Crippen LogP contribution is 2.25. The van der Waals surface area contributed by atoms with Gasteiger partial charge in [-0.25, -0.2) is 8.78 Å². The number of halogens is 3. The van der Waals surface area contributed by atoms with Gasteiger partial charge < -0.3 is 0 Å². The Hall–Kier alpha value is -0.980. The molecule has 1 aromatic carbocycles. The lowest BCUT2D eigenvalue weighted by Gasteiger charge is -2.00. The molecule has 0 radical (unpaired) electrons. The van der Waals surface area contributed by atoms with Crippen LogP contribution in [0.4, 0.5) is 8.78 Å². The van der Waals surface area contributed by atoms with Crippen LogP contribution < -0.4 is 0 Å². The van der Waals surface area contributed by atoms with Crippen LogP contribution in [0.15, 0.2) is 24.4 Å². The summed E-state index contributed by atoms with van der Waals surface area (Å²) in [6, 6.07) is 3.33. The molecule has 1 aromatic heterocycles. The van der Waals surface area contributed by atoms with Gasteiger partial charge in [0.25, 0.3) is 0 Å². The minimum atomic E-state index is -0.466. The Morgan fingerprint density at radius 3 is 2.71 bits per heavy atom. The molecule has 0 aliphatic rings. The molecule has 0 saturated carbocycles. The predicted octanol–water partition coefficient (Wildman–Crippen LogP) is 2.96. The number of aromatic amines is 1. The van der Waals surface area contributed by atoms with Crippen LogP contribution >= 0.6 is 22.6 Å². The van der Waals surface area contributed by atoms with Crippen LogP contribution in [0.1, 0.15) is 0 Å². The minimum absolute atomic E-state index is 0.201. The van der Waals surface area contributed by atoms with Crippen molar-refractivity contribution in [3.05, 3.63) is 39.6 Å². The lowest BCUT2D eigenvalue weighted by molar-refractivity contribution is 0.602. The molecule has 0 unspecified atom stereocenters. The molecule has 0 aliphatic carbocycles. The third-order valence-corrected chi connectivity index (χ3v) is 2.61. The summed E-state index contributed by atoms with van der Waals surface area (Å²) in [5.74, 6) is -0.930. The number of hydrogen-bond donors (Lipinski definition) is 1. The molecule has 1 N–H and O–H groups in total. The summed E-state index contributed by atoms with van der Waals surface area (Å²) in [6.07, 6.45) is 1.56. The molecule has 1 heterocycles. The molecule has 14 heavy (non-hydrogen) atoms. The molecule has 0 bridgehead atoms. The fourth-order valence-electron chi connectivity index (χ4n) is 1.15. The second-order valence-electron chi connectivity index (χ2n) is 2.72. The highest BCUT2D eigenvalue weighted by molar-refractivity contribution is 14.1. The lowest BCUT2D eigenvalue weighted by Crippen LogP contribution is -1.88. The van der Waals surface area contributed by atoms with Gasteiger partial charge in [-0.2, -0.15) is 5.10 Å². The van der Waals surface area contributed by atoms with E-state index < -0.39 is 11.6 Å². The van der Waals surface area contributed by atoms with E-state index in [0.717, 1.165) is 21.8 Å². The third kappa shape index (κ3) is 1.63. The molecule has 0 aliphatic heterocycles. The lowest BCUT2D eigenvalue weighted by atomic mass is 10.1. The summed E-state index contributed by atoms with van der Waals surface area (Å²) in [5, 5.41) is 6.37. The largest absolute Gasteiger partial charge is 0.277 e. The summed E-state index contributed by atoms with van der Waals surface area (Å²) < 4.78 is 26.9. The summed E-state index contributed by atoms with van der Waals surface area (Å²) in [6.45, 7) is 0. The van der Waals surface area contributed by atoms with E-state index in [1.807, 2.05) is 22.6 Å².